The molecule has 2 N–H and O–H groups in total. The Hall–Kier alpha value is -2.88. The molecule has 0 saturated carbocycles. The zero-order valence-electron chi connectivity index (χ0n) is 17.1. The summed E-state index contributed by atoms with van der Waals surface area (Å²) in [5, 5.41) is 15.6. The van der Waals surface area contributed by atoms with Gasteiger partial charge in [0.25, 0.3) is 5.91 Å². The molecule has 1 aromatic heterocycles. The molecule has 4 rings (SSSR count). The van der Waals surface area contributed by atoms with Gasteiger partial charge in [-0.2, -0.15) is 0 Å². The van der Waals surface area contributed by atoms with E-state index < -0.39 is 0 Å². The summed E-state index contributed by atoms with van der Waals surface area (Å²) in [6.07, 6.45) is 1.53. The lowest BCUT2D eigenvalue weighted by molar-refractivity contribution is 0.0357. The number of carbonyl (C=O) groups is 1. The summed E-state index contributed by atoms with van der Waals surface area (Å²) in [4.78, 5) is 12.5. The van der Waals surface area contributed by atoms with Crippen LogP contribution in [0.5, 0.6) is 5.75 Å². The van der Waals surface area contributed by atoms with Crippen LogP contribution in [0.15, 0.2) is 48.5 Å². The van der Waals surface area contributed by atoms with E-state index in [0.717, 1.165) is 18.4 Å². The second kappa shape index (κ2) is 9.51. The number of aromatic nitrogens is 2. The van der Waals surface area contributed by atoms with Crippen molar-refractivity contribution in [2.24, 2.45) is 0 Å². The lowest BCUT2D eigenvalue weighted by atomic mass is 9.82. The first-order valence-corrected chi connectivity index (χ1v) is 10.8. The summed E-state index contributed by atoms with van der Waals surface area (Å²) < 4.78 is 24.0. The summed E-state index contributed by atoms with van der Waals surface area (Å²) >= 11 is 1.24. The molecule has 7 nitrogen and oxygen atoms in total. The van der Waals surface area contributed by atoms with Gasteiger partial charge >= 0.3 is 0 Å². The van der Waals surface area contributed by atoms with Gasteiger partial charge in [0.05, 0.1) is 13.7 Å². The van der Waals surface area contributed by atoms with Gasteiger partial charge in [0.2, 0.25) is 5.01 Å². The lowest BCUT2D eigenvalue weighted by Gasteiger charge is -2.38. The number of halogens is 1. The van der Waals surface area contributed by atoms with Crippen molar-refractivity contribution in [3.63, 3.8) is 0 Å². The SMILES string of the molecule is COc1ccc(NC(=O)c2nnc(CNC3(c4ccc(F)cc4)CCOCC3)s2)cc1. The first-order chi connectivity index (χ1) is 15.1. The van der Waals surface area contributed by atoms with Gasteiger partial charge in [0, 0.05) is 24.4 Å². The number of rotatable bonds is 7. The summed E-state index contributed by atoms with van der Waals surface area (Å²) in [7, 11) is 1.59. The Morgan fingerprint density at radius 2 is 1.84 bits per heavy atom. The van der Waals surface area contributed by atoms with Gasteiger partial charge < -0.3 is 20.1 Å². The standard InChI is InChI=1S/C22H23FN4O3S/c1-29-18-8-6-17(7-9-18)25-20(28)21-27-26-19(31-21)14-24-22(10-12-30-13-11-22)15-2-4-16(23)5-3-15/h2-9,24H,10-14H2,1H3,(H,25,28). The van der Waals surface area contributed by atoms with Gasteiger partial charge in [-0.3, -0.25) is 4.79 Å². The number of nitrogens with zero attached hydrogens (tertiary/aromatic N) is 2. The molecule has 1 aliphatic heterocycles. The molecular weight excluding hydrogens is 419 g/mol. The first-order valence-electron chi connectivity index (χ1n) is 9.95. The fraction of sp³-hybridized carbons (Fsp3) is 0.318. The maximum Gasteiger partial charge on any atom is 0.286 e. The first kappa shape index (κ1) is 21.4. The van der Waals surface area contributed by atoms with E-state index in [1.165, 1.54) is 23.5 Å². The Morgan fingerprint density at radius 3 is 2.52 bits per heavy atom. The van der Waals surface area contributed by atoms with Crippen LogP contribution in [0.4, 0.5) is 10.1 Å². The zero-order valence-corrected chi connectivity index (χ0v) is 17.9. The predicted octanol–water partition coefficient (Wildman–Crippen LogP) is 3.73. The molecule has 2 heterocycles. The number of amides is 1. The number of hydrogen-bond donors (Lipinski definition) is 2. The van der Waals surface area contributed by atoms with E-state index in [2.05, 4.69) is 20.8 Å². The third kappa shape index (κ3) is 5.07. The fourth-order valence-corrected chi connectivity index (χ4v) is 4.25. The predicted molar refractivity (Wildman–Crippen MR) is 116 cm³/mol. The third-order valence-electron chi connectivity index (χ3n) is 5.33. The van der Waals surface area contributed by atoms with Gasteiger partial charge in [-0.1, -0.05) is 23.5 Å². The summed E-state index contributed by atoms with van der Waals surface area (Å²) in [6, 6.07) is 13.6. The minimum Gasteiger partial charge on any atom is -0.497 e. The van der Waals surface area contributed by atoms with Gasteiger partial charge in [0.15, 0.2) is 0 Å². The Kier molecular flexibility index (Phi) is 6.55. The highest BCUT2D eigenvalue weighted by atomic mass is 32.1. The molecule has 162 valence electrons. The highest BCUT2D eigenvalue weighted by Crippen LogP contribution is 2.33. The molecule has 0 bridgehead atoms. The number of hydrogen-bond acceptors (Lipinski definition) is 7. The molecule has 0 aliphatic carbocycles. The average molecular weight is 443 g/mol. The molecule has 1 aliphatic rings. The molecular formula is C22H23FN4O3S. The van der Waals surface area contributed by atoms with Crippen LogP contribution in [0.25, 0.3) is 0 Å². The number of benzene rings is 2. The van der Waals surface area contributed by atoms with Crippen molar-refractivity contribution in [1.29, 1.82) is 0 Å². The van der Waals surface area contributed by atoms with E-state index in [4.69, 9.17) is 9.47 Å². The molecule has 2 aromatic carbocycles. The van der Waals surface area contributed by atoms with Gasteiger partial charge in [-0.05, 0) is 54.8 Å². The van der Waals surface area contributed by atoms with Gasteiger partial charge in [0.1, 0.15) is 16.6 Å². The quantitative estimate of drug-likeness (QED) is 0.580. The van der Waals surface area contributed by atoms with Crippen LogP contribution in [0.1, 0.15) is 33.2 Å². The van der Waals surface area contributed by atoms with Crippen molar-refractivity contribution in [1.82, 2.24) is 15.5 Å². The summed E-state index contributed by atoms with van der Waals surface area (Å²) in [6.45, 7) is 1.69. The monoisotopic (exact) mass is 442 g/mol. The van der Waals surface area contributed by atoms with Crippen LogP contribution in [-0.4, -0.2) is 36.4 Å². The largest absolute Gasteiger partial charge is 0.497 e. The van der Waals surface area contributed by atoms with E-state index in [9.17, 15) is 9.18 Å². The highest BCUT2D eigenvalue weighted by molar-refractivity contribution is 7.13. The molecule has 3 aromatic rings. The summed E-state index contributed by atoms with van der Waals surface area (Å²) in [5.74, 6) is 0.140. The second-order valence-corrected chi connectivity index (χ2v) is 8.30. The number of ether oxygens (including phenoxy) is 2. The topological polar surface area (TPSA) is 85.4 Å². The summed E-state index contributed by atoms with van der Waals surface area (Å²) in [5.41, 5.74) is 1.33. The minimum atomic E-state index is -0.330. The lowest BCUT2D eigenvalue weighted by Crippen LogP contribution is -2.46. The molecule has 31 heavy (non-hydrogen) atoms. The number of methoxy groups -OCH3 is 1. The van der Waals surface area contributed by atoms with Crippen LogP contribution in [0, 0.1) is 5.82 Å². The van der Waals surface area contributed by atoms with Crippen LogP contribution < -0.4 is 15.4 Å². The molecule has 0 radical (unpaired) electrons. The van der Waals surface area contributed by atoms with Crippen molar-refractivity contribution in [3.8, 4) is 5.75 Å². The zero-order chi connectivity index (χ0) is 21.7. The van der Waals surface area contributed by atoms with Crippen LogP contribution >= 0.6 is 11.3 Å². The van der Waals surface area contributed by atoms with E-state index in [-0.39, 0.29) is 22.3 Å². The Balaban J connectivity index is 1.42. The molecule has 1 amide bonds. The van der Waals surface area contributed by atoms with Crippen molar-refractivity contribution in [2.45, 2.75) is 24.9 Å². The fourth-order valence-electron chi connectivity index (χ4n) is 3.58. The molecule has 0 spiro atoms. The van der Waals surface area contributed by atoms with Gasteiger partial charge in [-0.25, -0.2) is 4.39 Å². The van der Waals surface area contributed by atoms with Crippen LogP contribution in [0.2, 0.25) is 0 Å². The maximum absolute atomic E-state index is 13.4. The third-order valence-corrected chi connectivity index (χ3v) is 6.25. The Labute approximate surface area is 183 Å². The molecule has 0 unspecified atom stereocenters. The number of nitrogens with one attached hydrogen (secondary N) is 2. The van der Waals surface area contributed by atoms with Crippen molar-refractivity contribution in [2.75, 3.05) is 25.6 Å². The van der Waals surface area contributed by atoms with Gasteiger partial charge in [-0.15, -0.1) is 10.2 Å². The van der Waals surface area contributed by atoms with E-state index >= 15 is 0 Å². The second-order valence-electron chi connectivity index (χ2n) is 7.24. The molecule has 1 fully saturated rings. The van der Waals surface area contributed by atoms with E-state index in [1.54, 1.807) is 31.4 Å². The number of anilines is 1. The van der Waals surface area contributed by atoms with Crippen molar-refractivity contribution < 1.29 is 18.7 Å². The van der Waals surface area contributed by atoms with Crippen molar-refractivity contribution >= 4 is 22.9 Å². The highest BCUT2D eigenvalue weighted by Gasteiger charge is 2.34. The normalized spacial score (nSPS) is 15.4. The molecule has 9 heteroatoms. The van der Waals surface area contributed by atoms with Crippen molar-refractivity contribution in [3.05, 3.63) is 69.9 Å². The van der Waals surface area contributed by atoms with Crippen LogP contribution in [-0.2, 0) is 16.8 Å². The molecule has 0 atom stereocenters. The smallest absolute Gasteiger partial charge is 0.286 e. The molecule has 1 saturated heterocycles. The number of carbonyl (C=O) groups excluding carboxylic acids is 1. The average Bonchev–Trinajstić information content (AvgIpc) is 3.29. The van der Waals surface area contributed by atoms with Crippen LogP contribution in [0.3, 0.4) is 0 Å². The Morgan fingerprint density at radius 1 is 1.13 bits per heavy atom. The minimum absolute atomic E-state index is 0.261. The Bertz CT molecular complexity index is 1020. The van der Waals surface area contributed by atoms with E-state index in [0.29, 0.717) is 36.2 Å². The maximum atomic E-state index is 13.4. The van der Waals surface area contributed by atoms with E-state index in [1.807, 2.05) is 12.1 Å².